The first kappa shape index (κ1) is 20.6. The van der Waals surface area contributed by atoms with Crippen molar-refractivity contribution in [1.82, 2.24) is 9.78 Å². The van der Waals surface area contributed by atoms with Gasteiger partial charge in [0, 0.05) is 22.7 Å². The average molecular weight is 424 g/mol. The molecule has 0 fully saturated rings. The van der Waals surface area contributed by atoms with Crippen LogP contribution in [0.1, 0.15) is 11.3 Å². The summed E-state index contributed by atoms with van der Waals surface area (Å²) in [5.41, 5.74) is 0.185. The van der Waals surface area contributed by atoms with Crippen LogP contribution in [0.2, 0.25) is 5.02 Å². The molecule has 0 saturated heterocycles. The van der Waals surface area contributed by atoms with Crippen LogP contribution in [-0.4, -0.2) is 25.7 Å². The number of amides is 1. The number of carbonyl (C=O) groups excluding carboxylic acids is 1. The summed E-state index contributed by atoms with van der Waals surface area (Å²) in [6, 6.07) is 14.6. The third kappa shape index (κ3) is 4.29. The molecular weight excluding hydrogens is 410 g/mol. The molecule has 0 bridgehead atoms. The minimum absolute atomic E-state index is 0.0266. The Morgan fingerprint density at radius 1 is 1.33 bits per heavy atom. The standard InChI is InChI=1S/C20H14ClN5O4/c1-12-7-18(25(24-12)16-5-3-2-4-6-16)23-20(28)14(11-22)8-13-9-15(21)10-17(19(13)27)26(29)30/h2-10,27H,1H3,(H,23,28)/b14-8+. The molecule has 1 aromatic heterocycles. The van der Waals surface area contributed by atoms with Gasteiger partial charge in [0.1, 0.15) is 17.5 Å². The van der Waals surface area contributed by atoms with E-state index >= 15 is 0 Å². The van der Waals surface area contributed by atoms with Gasteiger partial charge in [-0.3, -0.25) is 14.9 Å². The van der Waals surface area contributed by atoms with Gasteiger partial charge in [-0.25, -0.2) is 4.68 Å². The van der Waals surface area contributed by atoms with Gasteiger partial charge in [-0.15, -0.1) is 0 Å². The summed E-state index contributed by atoms with van der Waals surface area (Å²) < 4.78 is 1.50. The van der Waals surface area contributed by atoms with E-state index in [9.17, 15) is 25.3 Å². The second-order valence-electron chi connectivity index (χ2n) is 6.16. The molecule has 0 saturated carbocycles. The first-order chi connectivity index (χ1) is 14.3. The smallest absolute Gasteiger partial charge is 0.312 e. The van der Waals surface area contributed by atoms with Crippen LogP contribution in [0.4, 0.5) is 11.5 Å². The van der Waals surface area contributed by atoms with Crippen molar-refractivity contribution >= 4 is 35.1 Å². The highest BCUT2D eigenvalue weighted by atomic mass is 35.5. The molecule has 0 aliphatic heterocycles. The van der Waals surface area contributed by atoms with Gasteiger partial charge in [0.15, 0.2) is 0 Å². The van der Waals surface area contributed by atoms with Gasteiger partial charge in [-0.2, -0.15) is 10.4 Å². The van der Waals surface area contributed by atoms with Crippen molar-refractivity contribution in [2.24, 2.45) is 0 Å². The maximum absolute atomic E-state index is 12.7. The van der Waals surface area contributed by atoms with E-state index in [0.717, 1.165) is 12.1 Å². The molecule has 0 radical (unpaired) electrons. The lowest BCUT2D eigenvalue weighted by atomic mass is 10.1. The number of aromatic hydroxyl groups is 1. The zero-order valence-electron chi connectivity index (χ0n) is 15.5. The third-order valence-corrected chi connectivity index (χ3v) is 4.24. The minimum atomic E-state index is -0.814. The number of nitrogens with zero attached hydrogens (tertiary/aromatic N) is 4. The lowest BCUT2D eigenvalue weighted by Gasteiger charge is -2.08. The molecule has 2 aromatic carbocycles. The van der Waals surface area contributed by atoms with Gasteiger partial charge in [-0.1, -0.05) is 29.8 Å². The molecule has 0 aliphatic rings. The van der Waals surface area contributed by atoms with Crippen LogP contribution in [0, 0.1) is 28.4 Å². The number of halogens is 1. The molecule has 10 heteroatoms. The molecule has 0 aliphatic carbocycles. The molecule has 1 heterocycles. The van der Waals surface area contributed by atoms with Crippen molar-refractivity contribution in [3.63, 3.8) is 0 Å². The maximum Gasteiger partial charge on any atom is 0.312 e. The van der Waals surface area contributed by atoms with Crippen molar-refractivity contribution in [2.45, 2.75) is 6.92 Å². The van der Waals surface area contributed by atoms with Crippen molar-refractivity contribution in [3.8, 4) is 17.5 Å². The van der Waals surface area contributed by atoms with E-state index in [1.165, 1.54) is 10.7 Å². The van der Waals surface area contributed by atoms with Crippen molar-refractivity contribution in [1.29, 1.82) is 5.26 Å². The van der Waals surface area contributed by atoms with Crippen LogP contribution in [-0.2, 0) is 4.79 Å². The van der Waals surface area contributed by atoms with Gasteiger partial charge in [0.25, 0.3) is 5.91 Å². The van der Waals surface area contributed by atoms with E-state index in [2.05, 4.69) is 10.4 Å². The second-order valence-corrected chi connectivity index (χ2v) is 6.60. The first-order valence-corrected chi connectivity index (χ1v) is 8.90. The van der Waals surface area contributed by atoms with Gasteiger partial charge in [0.2, 0.25) is 5.75 Å². The van der Waals surface area contributed by atoms with Crippen LogP contribution < -0.4 is 5.32 Å². The van der Waals surface area contributed by atoms with E-state index in [0.29, 0.717) is 17.2 Å². The molecule has 30 heavy (non-hydrogen) atoms. The normalized spacial score (nSPS) is 11.0. The Morgan fingerprint density at radius 2 is 2.03 bits per heavy atom. The van der Waals surface area contributed by atoms with E-state index in [4.69, 9.17) is 11.6 Å². The summed E-state index contributed by atoms with van der Waals surface area (Å²) in [4.78, 5) is 22.9. The molecule has 0 spiro atoms. The fourth-order valence-electron chi connectivity index (χ4n) is 2.70. The number of para-hydroxylation sites is 1. The number of phenolic OH excluding ortho intramolecular Hbond substituents is 1. The lowest BCUT2D eigenvalue weighted by Crippen LogP contribution is -2.16. The Morgan fingerprint density at radius 3 is 2.67 bits per heavy atom. The number of benzene rings is 2. The number of phenols is 1. The number of nitrogens with one attached hydrogen (secondary N) is 1. The molecule has 3 aromatic rings. The number of nitriles is 1. The number of carbonyl (C=O) groups is 1. The molecule has 0 unspecified atom stereocenters. The number of aromatic nitrogens is 2. The molecular formula is C20H14ClN5O4. The van der Waals surface area contributed by atoms with Crippen molar-refractivity contribution in [3.05, 3.63) is 80.5 Å². The molecule has 2 N–H and O–H groups in total. The second kappa shape index (κ2) is 8.46. The summed E-state index contributed by atoms with van der Waals surface area (Å²) in [7, 11) is 0. The van der Waals surface area contributed by atoms with E-state index in [1.54, 1.807) is 31.2 Å². The predicted octanol–water partition coefficient (Wildman–Crippen LogP) is 3.99. The third-order valence-electron chi connectivity index (χ3n) is 4.02. The quantitative estimate of drug-likeness (QED) is 0.276. The van der Waals surface area contributed by atoms with Gasteiger partial charge < -0.3 is 10.4 Å². The first-order valence-electron chi connectivity index (χ1n) is 8.52. The van der Waals surface area contributed by atoms with Crippen LogP contribution in [0.5, 0.6) is 5.75 Å². The fraction of sp³-hybridized carbons (Fsp3) is 0.0500. The molecule has 0 atom stereocenters. The molecule has 150 valence electrons. The van der Waals surface area contributed by atoms with E-state index in [1.807, 2.05) is 18.2 Å². The number of nitro benzene ring substituents is 1. The highest BCUT2D eigenvalue weighted by molar-refractivity contribution is 6.31. The van der Waals surface area contributed by atoms with Crippen molar-refractivity contribution < 1.29 is 14.8 Å². The number of aryl methyl sites for hydroxylation is 1. The Kier molecular flexibility index (Phi) is 5.80. The summed E-state index contributed by atoms with van der Waals surface area (Å²) >= 11 is 5.85. The zero-order valence-corrected chi connectivity index (χ0v) is 16.3. The Hall–Kier alpha value is -4.16. The van der Waals surface area contributed by atoms with Gasteiger partial charge >= 0.3 is 5.69 Å². The number of anilines is 1. The summed E-state index contributed by atoms with van der Waals surface area (Å²) in [6.45, 7) is 1.75. The summed E-state index contributed by atoms with van der Waals surface area (Å²) in [6.07, 6.45) is 1.03. The monoisotopic (exact) mass is 423 g/mol. The van der Waals surface area contributed by atoms with Crippen LogP contribution >= 0.6 is 11.6 Å². The SMILES string of the molecule is Cc1cc(NC(=O)/C(C#N)=C/c2cc(Cl)cc([N+](=O)[O-])c2O)n(-c2ccccc2)n1. The minimum Gasteiger partial charge on any atom is -0.502 e. The Labute approximate surface area is 175 Å². The number of hydrogen-bond donors (Lipinski definition) is 2. The summed E-state index contributed by atoms with van der Waals surface area (Å²) in [5.74, 6) is -1.15. The van der Waals surface area contributed by atoms with Crippen LogP contribution in [0.3, 0.4) is 0 Å². The highest BCUT2D eigenvalue weighted by Gasteiger charge is 2.20. The largest absolute Gasteiger partial charge is 0.502 e. The van der Waals surface area contributed by atoms with E-state index < -0.39 is 22.3 Å². The Balaban J connectivity index is 1.96. The average Bonchev–Trinajstić information content (AvgIpc) is 3.08. The maximum atomic E-state index is 12.7. The van der Waals surface area contributed by atoms with Crippen LogP contribution in [0.15, 0.2) is 54.1 Å². The Bertz CT molecular complexity index is 1210. The number of hydrogen-bond acceptors (Lipinski definition) is 6. The highest BCUT2D eigenvalue weighted by Crippen LogP contribution is 2.34. The topological polar surface area (TPSA) is 134 Å². The zero-order chi connectivity index (χ0) is 21.8. The molecule has 3 rings (SSSR count). The van der Waals surface area contributed by atoms with Crippen molar-refractivity contribution in [2.75, 3.05) is 5.32 Å². The molecule has 9 nitrogen and oxygen atoms in total. The summed E-state index contributed by atoms with van der Waals surface area (Å²) in [5, 5.41) is 37.5. The van der Waals surface area contributed by atoms with Gasteiger partial charge in [0.05, 0.1) is 16.3 Å². The lowest BCUT2D eigenvalue weighted by molar-refractivity contribution is -0.385. The molecule has 1 amide bonds. The van der Waals surface area contributed by atoms with Gasteiger partial charge in [-0.05, 0) is 31.2 Å². The fourth-order valence-corrected chi connectivity index (χ4v) is 2.92. The predicted molar refractivity (Wildman–Crippen MR) is 110 cm³/mol. The van der Waals surface area contributed by atoms with Crippen LogP contribution in [0.25, 0.3) is 11.8 Å². The van der Waals surface area contributed by atoms with E-state index in [-0.39, 0.29) is 16.2 Å². The number of nitro groups is 1. The number of rotatable bonds is 5.